The van der Waals surface area contributed by atoms with Crippen LogP contribution in [0.3, 0.4) is 0 Å². The van der Waals surface area contributed by atoms with E-state index >= 15 is 0 Å². The molecule has 5 rings (SSSR count). The number of carbonyl (C=O) groups excluding carboxylic acids is 2. The molecule has 0 radical (unpaired) electrons. The van der Waals surface area contributed by atoms with E-state index in [2.05, 4.69) is 10.2 Å². The fourth-order valence-corrected chi connectivity index (χ4v) is 5.31. The molecule has 1 fully saturated rings. The number of piperidine rings is 1. The lowest BCUT2D eigenvalue weighted by Crippen LogP contribution is -2.40. The van der Waals surface area contributed by atoms with Crippen LogP contribution in [0.5, 0.6) is 23.0 Å². The molecule has 0 bridgehead atoms. The number of hydrogen-bond donors (Lipinski definition) is 1. The first-order valence-electron chi connectivity index (χ1n) is 14.3. The van der Waals surface area contributed by atoms with Gasteiger partial charge in [-0.25, -0.2) is 0 Å². The standard InChI is InChI=1S/C32H36ClN3O6/c1-39-27-11-9-23(19-24(27)21-35-13-5-2-6-14-35)32(38)36-15-16-40-17-18-41-29-7-3-4-8-30(29)42-28-12-10-25(33)20-26(28)34-31(37)22-36/h3-4,7-12,19-20H,2,5-6,13-18,21-22H2,1H3,(H,34,37). The number of carbonyl (C=O) groups is 2. The maximum absolute atomic E-state index is 13.8. The highest BCUT2D eigenvalue weighted by molar-refractivity contribution is 6.31. The average molecular weight is 594 g/mol. The highest BCUT2D eigenvalue weighted by Crippen LogP contribution is 2.36. The average Bonchev–Trinajstić information content (AvgIpc) is 3.00. The number of fused-ring (bicyclic) bond motifs is 2. The Morgan fingerprint density at radius 2 is 1.74 bits per heavy atom. The summed E-state index contributed by atoms with van der Waals surface area (Å²) in [6.45, 7) is 3.61. The Hall–Kier alpha value is -3.79. The molecule has 2 aliphatic heterocycles. The van der Waals surface area contributed by atoms with Gasteiger partial charge in [0.1, 0.15) is 18.9 Å². The summed E-state index contributed by atoms with van der Waals surface area (Å²) in [7, 11) is 1.64. The monoisotopic (exact) mass is 593 g/mol. The van der Waals surface area contributed by atoms with Crippen molar-refractivity contribution in [3.8, 4) is 23.0 Å². The van der Waals surface area contributed by atoms with Crippen molar-refractivity contribution in [3.63, 3.8) is 0 Å². The van der Waals surface area contributed by atoms with Gasteiger partial charge in [-0.3, -0.25) is 14.5 Å². The lowest BCUT2D eigenvalue weighted by atomic mass is 10.1. The zero-order valence-electron chi connectivity index (χ0n) is 23.8. The number of nitrogens with one attached hydrogen (secondary N) is 1. The number of halogens is 1. The number of methoxy groups -OCH3 is 1. The van der Waals surface area contributed by atoms with E-state index in [0.717, 1.165) is 24.4 Å². The van der Waals surface area contributed by atoms with Crippen LogP contribution in [0.2, 0.25) is 5.02 Å². The number of amides is 2. The van der Waals surface area contributed by atoms with E-state index in [1.54, 1.807) is 43.5 Å². The van der Waals surface area contributed by atoms with E-state index in [-0.39, 0.29) is 32.2 Å². The Labute approximate surface area is 251 Å². The molecular formula is C32H36ClN3O6. The third kappa shape index (κ3) is 7.73. The maximum Gasteiger partial charge on any atom is 0.254 e. The summed E-state index contributed by atoms with van der Waals surface area (Å²) >= 11 is 6.26. The molecule has 3 aromatic rings. The molecule has 1 saturated heterocycles. The molecule has 0 aliphatic carbocycles. The number of anilines is 1. The van der Waals surface area contributed by atoms with Crippen LogP contribution in [0.15, 0.2) is 60.7 Å². The van der Waals surface area contributed by atoms with Crippen LogP contribution >= 0.6 is 11.6 Å². The maximum atomic E-state index is 13.8. The van der Waals surface area contributed by atoms with Gasteiger partial charge in [0.15, 0.2) is 17.2 Å². The molecule has 0 aromatic heterocycles. The van der Waals surface area contributed by atoms with E-state index < -0.39 is 5.91 Å². The molecule has 222 valence electrons. The number of benzene rings is 3. The fourth-order valence-electron chi connectivity index (χ4n) is 5.14. The predicted molar refractivity (Wildman–Crippen MR) is 161 cm³/mol. The van der Waals surface area contributed by atoms with Crippen LogP contribution < -0.4 is 19.5 Å². The number of nitrogens with zero attached hydrogens (tertiary/aromatic N) is 2. The van der Waals surface area contributed by atoms with Crippen LogP contribution in [0.25, 0.3) is 0 Å². The SMILES string of the molecule is COc1ccc(C(=O)N2CCOCCOc3ccccc3Oc3ccc(Cl)cc3NC(=O)C2)cc1CN1CCCCC1. The molecule has 2 heterocycles. The Morgan fingerprint density at radius 1 is 0.929 bits per heavy atom. The molecule has 3 aromatic carbocycles. The third-order valence-corrected chi connectivity index (χ3v) is 7.50. The molecule has 10 heteroatoms. The summed E-state index contributed by atoms with van der Waals surface area (Å²) in [5, 5.41) is 3.30. The summed E-state index contributed by atoms with van der Waals surface area (Å²) in [6.07, 6.45) is 3.58. The first-order chi connectivity index (χ1) is 20.5. The molecule has 42 heavy (non-hydrogen) atoms. The Kier molecular flexibility index (Phi) is 10.2. The van der Waals surface area contributed by atoms with Crippen molar-refractivity contribution in [2.75, 3.05) is 58.4 Å². The largest absolute Gasteiger partial charge is 0.496 e. The second kappa shape index (κ2) is 14.4. The smallest absolute Gasteiger partial charge is 0.254 e. The molecule has 9 nitrogen and oxygen atoms in total. The highest BCUT2D eigenvalue weighted by Gasteiger charge is 2.23. The quantitative estimate of drug-likeness (QED) is 0.420. The van der Waals surface area contributed by atoms with E-state index in [9.17, 15) is 9.59 Å². The minimum Gasteiger partial charge on any atom is -0.496 e. The lowest BCUT2D eigenvalue weighted by molar-refractivity contribution is -0.117. The molecule has 0 unspecified atom stereocenters. The summed E-state index contributed by atoms with van der Waals surface area (Å²) in [5.74, 6) is 1.50. The van der Waals surface area contributed by atoms with Crippen molar-refractivity contribution in [3.05, 3.63) is 76.8 Å². The summed E-state index contributed by atoms with van der Waals surface area (Å²) < 4.78 is 23.4. The fraction of sp³-hybridized carbons (Fsp3) is 0.375. The summed E-state index contributed by atoms with van der Waals surface area (Å²) in [5.41, 5.74) is 1.81. The van der Waals surface area contributed by atoms with Gasteiger partial charge in [-0.15, -0.1) is 0 Å². The molecule has 0 saturated carbocycles. The molecule has 0 spiro atoms. The van der Waals surface area contributed by atoms with Crippen LogP contribution in [0, 0.1) is 0 Å². The molecule has 2 aliphatic rings. The van der Waals surface area contributed by atoms with Gasteiger partial charge in [-0.2, -0.15) is 0 Å². The van der Waals surface area contributed by atoms with Gasteiger partial charge in [0.05, 0.1) is 26.0 Å². The summed E-state index contributed by atoms with van der Waals surface area (Å²) in [6, 6.07) is 17.7. The topological polar surface area (TPSA) is 89.6 Å². The van der Waals surface area contributed by atoms with Crippen molar-refractivity contribution in [1.29, 1.82) is 0 Å². The van der Waals surface area contributed by atoms with E-state index in [1.807, 2.05) is 24.3 Å². The van der Waals surface area contributed by atoms with Crippen molar-refractivity contribution in [2.45, 2.75) is 25.8 Å². The minimum atomic E-state index is -0.392. The van der Waals surface area contributed by atoms with Crippen LogP contribution in [0.1, 0.15) is 35.2 Å². The number of para-hydroxylation sites is 2. The van der Waals surface area contributed by atoms with Gasteiger partial charge < -0.3 is 29.2 Å². The van der Waals surface area contributed by atoms with Crippen molar-refractivity contribution >= 4 is 29.1 Å². The first kappa shape index (κ1) is 29.7. The third-order valence-electron chi connectivity index (χ3n) is 7.27. The second-order valence-electron chi connectivity index (χ2n) is 10.3. The first-order valence-corrected chi connectivity index (χ1v) is 14.6. The van der Waals surface area contributed by atoms with Gasteiger partial charge in [-0.1, -0.05) is 30.2 Å². The normalized spacial score (nSPS) is 16.9. The lowest BCUT2D eigenvalue weighted by Gasteiger charge is -2.27. The van der Waals surface area contributed by atoms with Gasteiger partial charge in [0.2, 0.25) is 5.91 Å². The highest BCUT2D eigenvalue weighted by atomic mass is 35.5. The van der Waals surface area contributed by atoms with E-state index in [0.29, 0.717) is 46.7 Å². The van der Waals surface area contributed by atoms with Crippen molar-refractivity contribution < 1.29 is 28.5 Å². The Balaban J connectivity index is 1.38. The van der Waals surface area contributed by atoms with E-state index in [1.165, 1.54) is 24.2 Å². The zero-order chi connectivity index (χ0) is 29.3. The second-order valence-corrected chi connectivity index (χ2v) is 10.7. The summed E-state index contributed by atoms with van der Waals surface area (Å²) in [4.78, 5) is 31.0. The van der Waals surface area contributed by atoms with Gasteiger partial charge in [0.25, 0.3) is 5.91 Å². The van der Waals surface area contributed by atoms with E-state index in [4.69, 9.17) is 30.5 Å². The van der Waals surface area contributed by atoms with Crippen molar-refractivity contribution in [1.82, 2.24) is 9.80 Å². The van der Waals surface area contributed by atoms with Crippen molar-refractivity contribution in [2.24, 2.45) is 0 Å². The van der Waals surface area contributed by atoms with Gasteiger partial charge >= 0.3 is 0 Å². The van der Waals surface area contributed by atoms with Gasteiger partial charge in [0, 0.05) is 29.2 Å². The minimum absolute atomic E-state index is 0.186. The molecular weight excluding hydrogens is 558 g/mol. The number of hydrogen-bond acceptors (Lipinski definition) is 7. The number of rotatable bonds is 4. The predicted octanol–water partition coefficient (Wildman–Crippen LogP) is 5.62. The Morgan fingerprint density at radius 3 is 2.55 bits per heavy atom. The Bertz CT molecular complexity index is 1390. The van der Waals surface area contributed by atoms with Crippen LogP contribution in [-0.4, -0.2) is 74.7 Å². The number of ether oxygens (including phenoxy) is 4. The molecule has 0 atom stereocenters. The van der Waals surface area contributed by atoms with Crippen LogP contribution in [-0.2, 0) is 16.1 Å². The van der Waals surface area contributed by atoms with Gasteiger partial charge in [-0.05, 0) is 74.5 Å². The van der Waals surface area contributed by atoms with Crippen LogP contribution in [0.4, 0.5) is 5.69 Å². The zero-order valence-corrected chi connectivity index (χ0v) is 24.5. The molecule has 1 N–H and O–H groups in total. The number of likely N-dealkylation sites (tertiary alicyclic amines) is 1. The molecule has 2 amide bonds.